The first-order valence-corrected chi connectivity index (χ1v) is 17.2. The monoisotopic (exact) mass is 594 g/mol. The normalized spacial score (nSPS) is 12.8. The Morgan fingerprint density at radius 1 is 0.829 bits per heavy atom. The molecule has 6 heteroatoms. The Balaban J connectivity index is 2.02. The zero-order valence-corrected chi connectivity index (χ0v) is 26.9. The van der Waals surface area contributed by atoms with E-state index in [2.05, 4.69) is 104 Å². The summed E-state index contributed by atoms with van der Waals surface area (Å²) in [6.45, 7) is 7.11. The molecule has 1 aromatic heterocycles. The van der Waals surface area contributed by atoms with Crippen LogP contribution in [0, 0.1) is 0 Å². The van der Waals surface area contributed by atoms with Crippen molar-refractivity contribution in [3.05, 3.63) is 103 Å². The van der Waals surface area contributed by atoms with Gasteiger partial charge >= 0.3 is 0 Å². The lowest BCUT2D eigenvalue weighted by Gasteiger charge is -2.22. The molecule has 0 aromatic carbocycles. The van der Waals surface area contributed by atoms with Crippen LogP contribution in [0.5, 0.6) is 0 Å². The fourth-order valence-corrected chi connectivity index (χ4v) is 5.98. The van der Waals surface area contributed by atoms with Gasteiger partial charge in [-0.05, 0) is 77.3 Å². The number of pyridine rings is 1. The van der Waals surface area contributed by atoms with Gasteiger partial charge in [-0.2, -0.15) is 0 Å². The summed E-state index contributed by atoms with van der Waals surface area (Å²) >= 11 is 0. The second kappa shape index (κ2) is 25.2. The molecule has 1 aromatic rings. The Kier molecular flexibility index (Phi) is 22.4. The van der Waals surface area contributed by atoms with Gasteiger partial charge in [-0.15, -0.1) is 0 Å². The minimum absolute atomic E-state index is 0.0158. The number of nitrogens with one attached hydrogen (secondary N) is 1. The van der Waals surface area contributed by atoms with Crippen LogP contribution < -0.4 is 5.32 Å². The van der Waals surface area contributed by atoms with Gasteiger partial charge in [-0.1, -0.05) is 101 Å². The quantitative estimate of drug-likeness (QED) is 0.0776. The molecular weight excluding hydrogens is 545 g/mol. The van der Waals surface area contributed by atoms with E-state index in [9.17, 15) is 9.59 Å². The standard InChI is InChI=1S/C35H50N2O2S2/c1-4-5-6-7-8-9-10-11-12-13-14-15-16-17-18-19-20-21-22-25-33(38)26-27-35(2,3)41-40-30-29-37-34(39)32-24-23-28-36-31-32/h5-6,8-9,11-12,14-15,17-18,20-21,23-24,28,31H,4,7,10,13,16,19,22,25-27,29-30H2,1-3H3,(H,37,39)/b6-5-,9-8-,12-11-,15-14-,18-17-,21-20-. The number of hydrogen-bond donors (Lipinski definition) is 1. The van der Waals surface area contributed by atoms with Gasteiger partial charge in [0.05, 0.1) is 5.56 Å². The second-order valence-corrected chi connectivity index (χ2v) is 13.3. The number of rotatable bonds is 23. The summed E-state index contributed by atoms with van der Waals surface area (Å²) < 4.78 is 0.0158. The smallest absolute Gasteiger partial charge is 0.252 e. The number of amides is 1. The number of nitrogens with zero attached hydrogens (tertiary/aromatic N) is 1. The third kappa shape index (κ3) is 22.8. The molecular formula is C35H50N2O2S2. The molecule has 1 rings (SSSR count). The molecule has 224 valence electrons. The molecule has 4 nitrogen and oxygen atoms in total. The van der Waals surface area contributed by atoms with Gasteiger partial charge in [-0.3, -0.25) is 14.6 Å². The van der Waals surface area contributed by atoms with E-state index in [1.807, 2.05) is 0 Å². The zero-order valence-electron chi connectivity index (χ0n) is 25.3. The summed E-state index contributed by atoms with van der Waals surface area (Å²) in [5, 5.41) is 2.92. The van der Waals surface area contributed by atoms with Crippen LogP contribution >= 0.6 is 21.6 Å². The van der Waals surface area contributed by atoms with Crippen LogP contribution in [0.2, 0.25) is 0 Å². The number of ketones is 1. The van der Waals surface area contributed by atoms with Crippen molar-refractivity contribution in [2.24, 2.45) is 0 Å². The summed E-state index contributed by atoms with van der Waals surface area (Å²) in [7, 11) is 3.52. The topological polar surface area (TPSA) is 59.1 Å². The number of carbonyl (C=O) groups excluding carboxylic acids is 2. The van der Waals surface area contributed by atoms with Gasteiger partial charge in [0.15, 0.2) is 0 Å². The molecule has 0 atom stereocenters. The molecule has 1 N–H and O–H groups in total. The molecule has 0 aliphatic rings. The van der Waals surface area contributed by atoms with Crippen molar-refractivity contribution < 1.29 is 9.59 Å². The van der Waals surface area contributed by atoms with Crippen LogP contribution in [-0.2, 0) is 4.79 Å². The van der Waals surface area contributed by atoms with Gasteiger partial charge in [0.25, 0.3) is 5.91 Å². The van der Waals surface area contributed by atoms with Gasteiger partial charge in [0.2, 0.25) is 0 Å². The number of Topliss-reactive ketones (excluding diaryl/α,β-unsaturated/α-hetero) is 1. The van der Waals surface area contributed by atoms with E-state index in [-0.39, 0.29) is 10.7 Å². The molecule has 0 saturated heterocycles. The van der Waals surface area contributed by atoms with E-state index < -0.39 is 0 Å². The molecule has 41 heavy (non-hydrogen) atoms. The van der Waals surface area contributed by atoms with E-state index in [1.165, 1.54) is 0 Å². The molecule has 0 bridgehead atoms. The van der Waals surface area contributed by atoms with Gasteiger partial charge in [0.1, 0.15) is 5.78 Å². The van der Waals surface area contributed by atoms with Crippen LogP contribution in [0.15, 0.2) is 97.4 Å². The van der Waals surface area contributed by atoms with Crippen LogP contribution in [-0.4, -0.2) is 33.7 Å². The van der Waals surface area contributed by atoms with Crippen molar-refractivity contribution >= 4 is 33.3 Å². The summed E-state index contributed by atoms with van der Waals surface area (Å²) in [5.41, 5.74) is 0.577. The Hall–Kier alpha value is -2.57. The minimum atomic E-state index is -0.0968. The van der Waals surface area contributed by atoms with E-state index in [1.54, 1.807) is 46.1 Å². The fraction of sp³-hybridized carbons (Fsp3) is 0.457. The zero-order chi connectivity index (χ0) is 29.9. The number of aromatic nitrogens is 1. The van der Waals surface area contributed by atoms with Crippen LogP contribution in [0.25, 0.3) is 0 Å². The van der Waals surface area contributed by atoms with Crippen molar-refractivity contribution in [3.63, 3.8) is 0 Å². The van der Waals surface area contributed by atoms with Gasteiger partial charge in [0, 0.05) is 42.3 Å². The maximum atomic E-state index is 12.3. The Morgan fingerprint density at radius 3 is 1.93 bits per heavy atom. The lowest BCUT2D eigenvalue weighted by atomic mass is 10.0. The van der Waals surface area contributed by atoms with Crippen molar-refractivity contribution in [1.82, 2.24) is 10.3 Å². The highest BCUT2D eigenvalue weighted by atomic mass is 33.1. The van der Waals surface area contributed by atoms with E-state index >= 15 is 0 Å². The van der Waals surface area contributed by atoms with E-state index in [0.717, 1.165) is 57.1 Å². The third-order valence-electron chi connectivity index (χ3n) is 5.87. The summed E-state index contributed by atoms with van der Waals surface area (Å²) in [6.07, 6.45) is 38.4. The number of carbonyl (C=O) groups is 2. The lowest BCUT2D eigenvalue weighted by molar-refractivity contribution is -0.119. The van der Waals surface area contributed by atoms with Crippen molar-refractivity contribution in [2.75, 3.05) is 12.3 Å². The molecule has 0 radical (unpaired) electrons. The highest BCUT2D eigenvalue weighted by molar-refractivity contribution is 8.77. The average molecular weight is 595 g/mol. The maximum absolute atomic E-state index is 12.3. The molecule has 1 amide bonds. The van der Waals surface area contributed by atoms with Gasteiger partial charge in [-0.25, -0.2) is 0 Å². The number of hydrogen-bond acceptors (Lipinski definition) is 5. The summed E-state index contributed by atoms with van der Waals surface area (Å²) in [5.74, 6) is 1.05. The Labute approximate surface area is 257 Å². The molecule has 0 aliphatic carbocycles. The van der Waals surface area contributed by atoms with Crippen LogP contribution in [0.4, 0.5) is 0 Å². The summed E-state index contributed by atoms with van der Waals surface area (Å²) in [6, 6.07) is 3.51. The average Bonchev–Trinajstić information content (AvgIpc) is 2.97. The Morgan fingerprint density at radius 2 is 1.39 bits per heavy atom. The molecule has 1 heterocycles. The number of allylic oxidation sites excluding steroid dienone is 12. The van der Waals surface area contributed by atoms with Crippen molar-refractivity contribution in [2.45, 2.75) is 89.7 Å². The largest absolute Gasteiger partial charge is 0.351 e. The second-order valence-electron chi connectivity index (χ2n) is 10.2. The molecule has 0 fully saturated rings. The van der Waals surface area contributed by atoms with Crippen LogP contribution in [0.1, 0.15) is 95.3 Å². The first kappa shape index (κ1) is 36.5. The van der Waals surface area contributed by atoms with Crippen molar-refractivity contribution in [1.29, 1.82) is 0 Å². The highest BCUT2D eigenvalue weighted by Gasteiger charge is 2.20. The fourth-order valence-electron chi connectivity index (χ4n) is 3.50. The van der Waals surface area contributed by atoms with E-state index in [0.29, 0.717) is 30.7 Å². The van der Waals surface area contributed by atoms with E-state index in [4.69, 9.17) is 0 Å². The first-order chi connectivity index (χ1) is 19.9. The molecule has 0 aliphatic heterocycles. The SMILES string of the molecule is CC/C=C\C/C=C\C/C=C\C/C=C\C/C=C\C/C=C\CCC(=O)CCC(C)(C)SSCCNC(=O)c1cccnc1. The summed E-state index contributed by atoms with van der Waals surface area (Å²) in [4.78, 5) is 28.3. The van der Waals surface area contributed by atoms with Gasteiger partial charge < -0.3 is 5.32 Å². The minimum Gasteiger partial charge on any atom is -0.351 e. The van der Waals surface area contributed by atoms with Crippen molar-refractivity contribution in [3.8, 4) is 0 Å². The van der Waals surface area contributed by atoms with Crippen LogP contribution in [0.3, 0.4) is 0 Å². The molecule has 0 saturated carbocycles. The predicted molar refractivity (Wildman–Crippen MR) is 182 cm³/mol. The predicted octanol–water partition coefficient (Wildman–Crippen LogP) is 9.80. The third-order valence-corrected chi connectivity index (χ3v) is 9.22. The lowest BCUT2D eigenvalue weighted by Crippen LogP contribution is -2.25. The molecule has 0 unspecified atom stereocenters. The highest BCUT2D eigenvalue weighted by Crippen LogP contribution is 2.38. The first-order valence-electron chi connectivity index (χ1n) is 14.8. The Bertz CT molecular complexity index is 1010. The molecule has 0 spiro atoms. The maximum Gasteiger partial charge on any atom is 0.252 e.